The standard InChI is InChI=1S/C55H33NO3/c1-2-15-35(16-3-1)56(47-25-12-7-17-36(47)34-29-30-41-40-21-8-13-27-49(40)57-51(41)31-34)48-26-14-28-50-54(48)59-53-33-46-42(32-52(53)58-50)39-20-6-11-24-45(39)55(46)43-22-9-4-18-37(43)38-19-5-10-23-44(38)55/h1-33H. The van der Waals surface area contributed by atoms with E-state index in [0.717, 1.165) is 55.7 Å². The van der Waals surface area contributed by atoms with Crippen LogP contribution in [0.4, 0.5) is 17.1 Å². The molecule has 2 heterocycles. The van der Waals surface area contributed by atoms with Crippen LogP contribution in [0, 0.1) is 0 Å². The molecule has 13 rings (SSSR count). The maximum atomic E-state index is 7.19. The first-order valence-corrected chi connectivity index (χ1v) is 20.1. The lowest BCUT2D eigenvalue weighted by Gasteiger charge is -2.33. The average Bonchev–Trinajstić information content (AvgIpc) is 3.92. The van der Waals surface area contributed by atoms with Gasteiger partial charge in [-0.1, -0.05) is 140 Å². The SMILES string of the molecule is c1ccc(N(c2ccccc2-c2ccc3c(c2)oc2ccccc23)c2cccc3c2Oc2cc4c(cc2O3)-c2ccccc2C42c3ccccc3-c3ccccc32)cc1. The van der Waals surface area contributed by atoms with E-state index in [0.29, 0.717) is 23.0 Å². The van der Waals surface area contributed by atoms with E-state index in [-0.39, 0.29) is 0 Å². The maximum Gasteiger partial charge on any atom is 0.194 e. The highest BCUT2D eigenvalue weighted by atomic mass is 16.6. The first-order valence-electron chi connectivity index (χ1n) is 20.1. The van der Waals surface area contributed by atoms with Gasteiger partial charge >= 0.3 is 0 Å². The average molecular weight is 756 g/mol. The summed E-state index contributed by atoms with van der Waals surface area (Å²) in [5.74, 6) is 2.71. The number of benzene rings is 9. The Morgan fingerprint density at radius 3 is 1.71 bits per heavy atom. The molecular formula is C55H33NO3. The van der Waals surface area contributed by atoms with Crippen LogP contribution in [-0.2, 0) is 5.41 Å². The molecule has 276 valence electrons. The normalized spacial score (nSPS) is 13.5. The Hall–Kier alpha value is -7.82. The van der Waals surface area contributed by atoms with Crippen LogP contribution in [0.3, 0.4) is 0 Å². The van der Waals surface area contributed by atoms with Gasteiger partial charge in [0.1, 0.15) is 11.2 Å². The van der Waals surface area contributed by atoms with Crippen LogP contribution < -0.4 is 14.4 Å². The maximum absolute atomic E-state index is 7.19. The predicted molar refractivity (Wildman–Crippen MR) is 237 cm³/mol. The van der Waals surface area contributed by atoms with Crippen molar-refractivity contribution in [2.75, 3.05) is 4.90 Å². The van der Waals surface area contributed by atoms with Crippen LogP contribution in [0.1, 0.15) is 22.3 Å². The largest absolute Gasteiger partial charge is 0.456 e. The fraction of sp³-hybridized carbons (Fsp3) is 0.0182. The molecule has 0 atom stereocenters. The lowest BCUT2D eigenvalue weighted by Crippen LogP contribution is -2.25. The van der Waals surface area contributed by atoms with Gasteiger partial charge in [-0.05, 0) is 111 Å². The minimum absolute atomic E-state index is 0.493. The van der Waals surface area contributed by atoms with Crippen molar-refractivity contribution >= 4 is 39.0 Å². The molecule has 4 nitrogen and oxygen atoms in total. The molecule has 0 N–H and O–H groups in total. The third-order valence-electron chi connectivity index (χ3n) is 12.5. The second kappa shape index (κ2) is 12.1. The lowest BCUT2D eigenvalue weighted by molar-refractivity contribution is 0.360. The van der Waals surface area contributed by atoms with Crippen LogP contribution in [-0.4, -0.2) is 0 Å². The Bertz CT molecular complexity index is 3320. The lowest BCUT2D eigenvalue weighted by atomic mass is 9.70. The van der Waals surface area contributed by atoms with Gasteiger partial charge in [-0.2, -0.15) is 0 Å². The molecular weight excluding hydrogens is 723 g/mol. The molecule has 0 saturated heterocycles. The van der Waals surface area contributed by atoms with Crippen molar-refractivity contribution in [2.45, 2.75) is 5.41 Å². The number of rotatable bonds is 4. The predicted octanol–water partition coefficient (Wildman–Crippen LogP) is 15.0. The van der Waals surface area contributed by atoms with Gasteiger partial charge in [0.2, 0.25) is 0 Å². The Labute approximate surface area is 340 Å². The van der Waals surface area contributed by atoms with Gasteiger partial charge in [0.15, 0.2) is 23.0 Å². The molecule has 1 aromatic heterocycles. The molecule has 0 bridgehead atoms. The van der Waals surface area contributed by atoms with Crippen LogP contribution in [0.15, 0.2) is 205 Å². The van der Waals surface area contributed by atoms with E-state index in [2.05, 4.69) is 175 Å². The van der Waals surface area contributed by atoms with Crippen molar-refractivity contribution in [1.82, 2.24) is 0 Å². The first kappa shape index (κ1) is 32.3. The number of nitrogens with zero attached hydrogens (tertiary/aromatic N) is 1. The molecule has 2 aliphatic carbocycles. The number of hydrogen-bond donors (Lipinski definition) is 0. The summed E-state index contributed by atoms with van der Waals surface area (Å²) in [6.07, 6.45) is 0. The van der Waals surface area contributed by atoms with Gasteiger partial charge in [-0.25, -0.2) is 0 Å². The molecule has 0 amide bonds. The zero-order chi connectivity index (χ0) is 38.7. The van der Waals surface area contributed by atoms with E-state index in [4.69, 9.17) is 13.9 Å². The summed E-state index contributed by atoms with van der Waals surface area (Å²) in [6.45, 7) is 0. The molecule has 0 saturated carbocycles. The Morgan fingerprint density at radius 2 is 0.949 bits per heavy atom. The quantitative estimate of drug-likeness (QED) is 0.179. The topological polar surface area (TPSA) is 34.8 Å². The molecule has 4 heteroatoms. The summed E-state index contributed by atoms with van der Waals surface area (Å²) in [4.78, 5) is 2.28. The molecule has 0 radical (unpaired) electrons. The van der Waals surface area contributed by atoms with Crippen molar-refractivity contribution < 1.29 is 13.9 Å². The van der Waals surface area contributed by atoms with E-state index in [1.54, 1.807) is 0 Å². The highest BCUT2D eigenvalue weighted by Crippen LogP contribution is 2.65. The van der Waals surface area contributed by atoms with Gasteiger partial charge in [-0.3, -0.25) is 0 Å². The summed E-state index contributed by atoms with van der Waals surface area (Å²) in [7, 11) is 0. The third kappa shape index (κ3) is 4.43. The van der Waals surface area contributed by atoms with Gasteiger partial charge in [0, 0.05) is 22.0 Å². The van der Waals surface area contributed by atoms with Gasteiger partial charge < -0.3 is 18.8 Å². The zero-order valence-corrected chi connectivity index (χ0v) is 31.7. The van der Waals surface area contributed by atoms with E-state index in [1.165, 1.54) is 38.9 Å². The summed E-state index contributed by atoms with van der Waals surface area (Å²) < 4.78 is 20.5. The fourth-order valence-electron chi connectivity index (χ4n) is 10.1. The zero-order valence-electron chi connectivity index (χ0n) is 31.7. The second-order valence-corrected chi connectivity index (χ2v) is 15.5. The van der Waals surface area contributed by atoms with Crippen molar-refractivity contribution in [1.29, 1.82) is 0 Å². The van der Waals surface area contributed by atoms with Crippen LogP contribution >= 0.6 is 0 Å². The van der Waals surface area contributed by atoms with E-state index in [9.17, 15) is 0 Å². The molecule has 0 unspecified atom stereocenters. The van der Waals surface area contributed by atoms with Crippen LogP contribution in [0.5, 0.6) is 23.0 Å². The molecule has 3 aliphatic rings. The fourth-order valence-corrected chi connectivity index (χ4v) is 10.1. The Kier molecular flexibility index (Phi) is 6.62. The monoisotopic (exact) mass is 755 g/mol. The third-order valence-corrected chi connectivity index (χ3v) is 12.5. The van der Waals surface area contributed by atoms with E-state index < -0.39 is 5.41 Å². The van der Waals surface area contributed by atoms with Crippen molar-refractivity contribution in [3.8, 4) is 56.4 Å². The van der Waals surface area contributed by atoms with Gasteiger partial charge in [0.05, 0.1) is 16.8 Å². The molecule has 9 aromatic carbocycles. The Morgan fingerprint density at radius 1 is 0.356 bits per heavy atom. The number of furan rings is 1. The van der Waals surface area contributed by atoms with E-state index >= 15 is 0 Å². The van der Waals surface area contributed by atoms with Crippen molar-refractivity contribution in [3.05, 3.63) is 222 Å². The number of fused-ring (bicyclic) bond motifs is 15. The van der Waals surface area contributed by atoms with Crippen LogP contribution in [0.2, 0.25) is 0 Å². The smallest absolute Gasteiger partial charge is 0.194 e. The molecule has 10 aromatic rings. The minimum atomic E-state index is -0.493. The molecule has 0 fully saturated rings. The molecule has 1 spiro atoms. The van der Waals surface area contributed by atoms with Crippen molar-refractivity contribution in [2.24, 2.45) is 0 Å². The number of anilines is 3. The van der Waals surface area contributed by atoms with Crippen molar-refractivity contribution in [3.63, 3.8) is 0 Å². The van der Waals surface area contributed by atoms with Gasteiger partial charge in [0.25, 0.3) is 0 Å². The summed E-state index contributed by atoms with van der Waals surface area (Å²) in [6, 6.07) is 70.9. The second-order valence-electron chi connectivity index (χ2n) is 15.5. The minimum Gasteiger partial charge on any atom is -0.456 e. The highest BCUT2D eigenvalue weighted by Gasteiger charge is 2.52. The first-order chi connectivity index (χ1) is 29.3. The van der Waals surface area contributed by atoms with Gasteiger partial charge in [-0.15, -0.1) is 0 Å². The number of ether oxygens (including phenoxy) is 2. The molecule has 1 aliphatic heterocycles. The summed E-state index contributed by atoms with van der Waals surface area (Å²) >= 11 is 0. The van der Waals surface area contributed by atoms with Crippen LogP contribution in [0.25, 0.3) is 55.3 Å². The molecule has 59 heavy (non-hydrogen) atoms. The number of hydrogen-bond acceptors (Lipinski definition) is 4. The summed E-state index contributed by atoms with van der Waals surface area (Å²) in [5.41, 5.74) is 16.2. The highest BCUT2D eigenvalue weighted by molar-refractivity contribution is 6.06. The number of para-hydroxylation sites is 4. The Balaban J connectivity index is 0.989. The van der Waals surface area contributed by atoms with E-state index in [1.807, 2.05) is 30.3 Å². The summed E-state index contributed by atoms with van der Waals surface area (Å²) in [5, 5.41) is 2.22.